The van der Waals surface area contributed by atoms with Crippen LogP contribution in [0, 0.1) is 5.92 Å². The van der Waals surface area contributed by atoms with Gasteiger partial charge in [0, 0.05) is 0 Å². The van der Waals surface area contributed by atoms with Crippen molar-refractivity contribution in [1.29, 1.82) is 0 Å². The minimum absolute atomic E-state index is 0.100. The average Bonchev–Trinajstić information content (AvgIpc) is 2.86. The van der Waals surface area contributed by atoms with E-state index in [1.807, 2.05) is 30.0 Å². The van der Waals surface area contributed by atoms with E-state index in [9.17, 15) is 4.79 Å². The summed E-state index contributed by atoms with van der Waals surface area (Å²) < 4.78 is 5.43. The van der Waals surface area contributed by atoms with Crippen molar-refractivity contribution in [3.63, 3.8) is 0 Å². The van der Waals surface area contributed by atoms with E-state index in [0.717, 1.165) is 6.42 Å². The molecule has 3 nitrogen and oxygen atoms in total. The standard InChI is InChI=1S/C15H19NO2/c1-3-12(2)15(17)16-11-18-10-14(16)9-13-7-5-4-6-8-13/h3-8,12,14H,1,9-11H2,2H3/t12-,14-/m1/s1. The van der Waals surface area contributed by atoms with Crippen molar-refractivity contribution in [2.45, 2.75) is 19.4 Å². The number of nitrogens with zero attached hydrogens (tertiary/aromatic N) is 1. The second-order valence-corrected chi connectivity index (χ2v) is 4.68. The second-order valence-electron chi connectivity index (χ2n) is 4.68. The first-order valence-electron chi connectivity index (χ1n) is 6.27. The molecule has 2 rings (SSSR count). The fraction of sp³-hybridized carbons (Fsp3) is 0.400. The van der Waals surface area contributed by atoms with E-state index in [-0.39, 0.29) is 17.9 Å². The zero-order valence-corrected chi connectivity index (χ0v) is 10.7. The fourth-order valence-electron chi connectivity index (χ4n) is 2.14. The molecule has 0 spiro atoms. The van der Waals surface area contributed by atoms with Crippen LogP contribution in [0.2, 0.25) is 0 Å². The van der Waals surface area contributed by atoms with Gasteiger partial charge in [0.1, 0.15) is 6.73 Å². The first-order valence-corrected chi connectivity index (χ1v) is 6.27. The molecule has 1 amide bonds. The highest BCUT2D eigenvalue weighted by Crippen LogP contribution is 2.18. The van der Waals surface area contributed by atoms with E-state index in [4.69, 9.17) is 4.74 Å². The van der Waals surface area contributed by atoms with Crippen LogP contribution in [0.5, 0.6) is 0 Å². The Bertz CT molecular complexity index is 416. The second kappa shape index (κ2) is 5.83. The minimum Gasteiger partial charge on any atom is -0.359 e. The third kappa shape index (κ3) is 2.79. The predicted octanol–water partition coefficient (Wildman–Crippen LogP) is 2.24. The number of hydrogen-bond acceptors (Lipinski definition) is 2. The summed E-state index contributed by atoms with van der Waals surface area (Å²) in [7, 11) is 0. The first kappa shape index (κ1) is 12.8. The third-order valence-corrected chi connectivity index (χ3v) is 3.32. The summed E-state index contributed by atoms with van der Waals surface area (Å²) in [6, 6.07) is 10.3. The van der Waals surface area contributed by atoms with Crippen LogP contribution in [-0.2, 0) is 16.0 Å². The molecule has 0 aliphatic carbocycles. The molecule has 0 aromatic heterocycles. The van der Waals surface area contributed by atoms with Crippen molar-refractivity contribution in [2.75, 3.05) is 13.3 Å². The Balaban J connectivity index is 2.04. The average molecular weight is 245 g/mol. The summed E-state index contributed by atoms with van der Waals surface area (Å²) in [5, 5.41) is 0. The number of carbonyl (C=O) groups is 1. The number of benzene rings is 1. The molecule has 96 valence electrons. The van der Waals surface area contributed by atoms with Gasteiger partial charge >= 0.3 is 0 Å². The molecule has 0 bridgehead atoms. The highest BCUT2D eigenvalue weighted by molar-refractivity contribution is 5.80. The van der Waals surface area contributed by atoms with Gasteiger partial charge < -0.3 is 9.64 Å². The maximum Gasteiger partial charge on any atom is 0.231 e. The van der Waals surface area contributed by atoms with Gasteiger partial charge in [0.15, 0.2) is 0 Å². The minimum atomic E-state index is -0.148. The van der Waals surface area contributed by atoms with Gasteiger partial charge in [-0.2, -0.15) is 0 Å². The summed E-state index contributed by atoms with van der Waals surface area (Å²) in [6.45, 7) is 6.55. The van der Waals surface area contributed by atoms with E-state index in [0.29, 0.717) is 13.3 Å². The molecule has 2 atom stereocenters. The van der Waals surface area contributed by atoms with Crippen LogP contribution >= 0.6 is 0 Å². The van der Waals surface area contributed by atoms with E-state index < -0.39 is 0 Å². The first-order chi connectivity index (χ1) is 8.72. The molecule has 0 N–H and O–H groups in total. The van der Waals surface area contributed by atoms with Gasteiger partial charge in [-0.25, -0.2) is 0 Å². The van der Waals surface area contributed by atoms with Gasteiger partial charge in [0.2, 0.25) is 5.91 Å². The number of rotatable bonds is 4. The van der Waals surface area contributed by atoms with E-state index in [1.165, 1.54) is 5.56 Å². The molecule has 1 aromatic carbocycles. The van der Waals surface area contributed by atoms with Crippen LogP contribution in [0.4, 0.5) is 0 Å². The Morgan fingerprint density at radius 2 is 2.28 bits per heavy atom. The maximum absolute atomic E-state index is 12.2. The Labute approximate surface area is 108 Å². The Kier molecular flexibility index (Phi) is 4.15. The molecular formula is C15H19NO2. The summed E-state index contributed by atoms with van der Waals surface area (Å²) >= 11 is 0. The maximum atomic E-state index is 12.2. The van der Waals surface area contributed by atoms with Crippen molar-refractivity contribution < 1.29 is 9.53 Å². The molecule has 3 heteroatoms. The van der Waals surface area contributed by atoms with Crippen LogP contribution in [0.15, 0.2) is 43.0 Å². The van der Waals surface area contributed by atoms with Crippen LogP contribution in [0.1, 0.15) is 12.5 Å². The lowest BCUT2D eigenvalue weighted by Crippen LogP contribution is -2.40. The quantitative estimate of drug-likeness (QED) is 0.761. The lowest BCUT2D eigenvalue weighted by atomic mass is 10.0. The Morgan fingerprint density at radius 3 is 2.94 bits per heavy atom. The predicted molar refractivity (Wildman–Crippen MR) is 71.0 cm³/mol. The smallest absolute Gasteiger partial charge is 0.231 e. The number of carbonyl (C=O) groups excluding carboxylic acids is 1. The molecule has 1 aromatic rings. The van der Waals surface area contributed by atoms with Gasteiger partial charge in [-0.05, 0) is 12.0 Å². The van der Waals surface area contributed by atoms with Gasteiger partial charge in [-0.15, -0.1) is 6.58 Å². The third-order valence-electron chi connectivity index (χ3n) is 3.32. The zero-order valence-electron chi connectivity index (χ0n) is 10.7. The van der Waals surface area contributed by atoms with Crippen LogP contribution in [-0.4, -0.2) is 30.2 Å². The number of amides is 1. The highest BCUT2D eigenvalue weighted by Gasteiger charge is 2.31. The zero-order chi connectivity index (χ0) is 13.0. The van der Waals surface area contributed by atoms with Gasteiger partial charge in [-0.3, -0.25) is 4.79 Å². The lowest BCUT2D eigenvalue weighted by Gasteiger charge is -2.24. The van der Waals surface area contributed by atoms with E-state index in [1.54, 1.807) is 6.08 Å². The van der Waals surface area contributed by atoms with E-state index >= 15 is 0 Å². The molecule has 0 unspecified atom stereocenters. The van der Waals surface area contributed by atoms with Gasteiger partial charge in [-0.1, -0.05) is 43.3 Å². The molecule has 1 fully saturated rings. The van der Waals surface area contributed by atoms with Crippen molar-refractivity contribution in [2.24, 2.45) is 5.92 Å². The van der Waals surface area contributed by atoms with Crippen molar-refractivity contribution in [3.8, 4) is 0 Å². The topological polar surface area (TPSA) is 29.5 Å². The van der Waals surface area contributed by atoms with Crippen molar-refractivity contribution >= 4 is 5.91 Å². The summed E-state index contributed by atoms with van der Waals surface area (Å²) in [5.41, 5.74) is 1.23. The van der Waals surface area contributed by atoms with Crippen molar-refractivity contribution in [3.05, 3.63) is 48.6 Å². The van der Waals surface area contributed by atoms with Gasteiger partial charge in [0.05, 0.1) is 18.6 Å². The molecule has 1 aliphatic heterocycles. The normalized spacial score (nSPS) is 20.7. The van der Waals surface area contributed by atoms with Crippen LogP contribution in [0.25, 0.3) is 0 Å². The largest absolute Gasteiger partial charge is 0.359 e. The van der Waals surface area contributed by atoms with Crippen molar-refractivity contribution in [1.82, 2.24) is 4.90 Å². The molecule has 18 heavy (non-hydrogen) atoms. The highest BCUT2D eigenvalue weighted by atomic mass is 16.5. The molecule has 1 saturated heterocycles. The molecular weight excluding hydrogens is 226 g/mol. The molecule has 1 heterocycles. The van der Waals surface area contributed by atoms with Crippen LogP contribution in [0.3, 0.4) is 0 Å². The summed E-state index contributed by atoms with van der Waals surface area (Å²) in [5.74, 6) is -0.0478. The van der Waals surface area contributed by atoms with Gasteiger partial charge in [0.25, 0.3) is 0 Å². The van der Waals surface area contributed by atoms with Crippen LogP contribution < -0.4 is 0 Å². The number of ether oxygens (including phenoxy) is 1. The SMILES string of the molecule is C=C[C@@H](C)C(=O)N1COC[C@H]1Cc1ccccc1. The molecule has 1 aliphatic rings. The summed E-state index contributed by atoms with van der Waals surface area (Å²) in [4.78, 5) is 14.0. The fourth-order valence-corrected chi connectivity index (χ4v) is 2.14. The molecule has 0 saturated carbocycles. The number of hydrogen-bond donors (Lipinski definition) is 0. The summed E-state index contributed by atoms with van der Waals surface area (Å²) in [6.07, 6.45) is 2.52. The monoisotopic (exact) mass is 245 g/mol. The lowest BCUT2D eigenvalue weighted by molar-refractivity contribution is -0.135. The Hall–Kier alpha value is -1.61. The van der Waals surface area contributed by atoms with E-state index in [2.05, 4.69) is 18.7 Å². The Morgan fingerprint density at radius 1 is 1.56 bits per heavy atom. The molecule has 0 radical (unpaired) electrons.